The lowest BCUT2D eigenvalue weighted by Gasteiger charge is -2.30. The van der Waals surface area contributed by atoms with Gasteiger partial charge in [0.2, 0.25) is 0 Å². The van der Waals surface area contributed by atoms with Crippen molar-refractivity contribution >= 4 is 23.0 Å². The van der Waals surface area contributed by atoms with E-state index in [4.69, 9.17) is 22.9 Å². The molecule has 3 nitrogen and oxygen atoms in total. The maximum absolute atomic E-state index is 5.92. The molecule has 2 aliphatic carbocycles. The van der Waals surface area contributed by atoms with Gasteiger partial charge in [0.15, 0.2) is 0 Å². The first kappa shape index (κ1) is 14.8. The van der Waals surface area contributed by atoms with Gasteiger partial charge in [-0.15, -0.1) is 0 Å². The van der Waals surface area contributed by atoms with E-state index in [9.17, 15) is 0 Å². The highest BCUT2D eigenvalue weighted by Crippen LogP contribution is 2.31. The zero-order valence-corrected chi connectivity index (χ0v) is 13.6. The summed E-state index contributed by atoms with van der Waals surface area (Å²) in [5, 5.41) is 3.65. The Morgan fingerprint density at radius 1 is 1.38 bits per heavy atom. The first-order valence-electron chi connectivity index (χ1n) is 8.26. The third kappa shape index (κ3) is 3.20. The van der Waals surface area contributed by atoms with Crippen molar-refractivity contribution in [3.05, 3.63) is 22.9 Å². The summed E-state index contributed by atoms with van der Waals surface area (Å²) in [5.41, 5.74) is 9.42. The van der Waals surface area contributed by atoms with Crippen molar-refractivity contribution in [3.8, 4) is 0 Å². The van der Waals surface area contributed by atoms with E-state index in [2.05, 4.69) is 18.3 Å². The molecule has 114 valence electrons. The Hall–Kier alpha value is -1.16. The Balaban J connectivity index is 1.82. The van der Waals surface area contributed by atoms with Crippen LogP contribution >= 0.6 is 12.2 Å². The molecular weight excluding hydrogens is 278 g/mol. The van der Waals surface area contributed by atoms with Crippen LogP contribution < -0.4 is 11.1 Å². The molecule has 0 amide bonds. The quantitative estimate of drug-likeness (QED) is 0.835. The number of rotatable bonds is 4. The summed E-state index contributed by atoms with van der Waals surface area (Å²) in [6.07, 6.45) is 9.82. The maximum Gasteiger partial charge on any atom is 0.136 e. The van der Waals surface area contributed by atoms with Crippen LogP contribution in [0, 0.1) is 5.92 Å². The highest BCUT2D eigenvalue weighted by molar-refractivity contribution is 7.80. The number of fused-ring (bicyclic) bond motifs is 1. The van der Waals surface area contributed by atoms with Gasteiger partial charge in [-0.05, 0) is 49.7 Å². The molecule has 4 heteroatoms. The summed E-state index contributed by atoms with van der Waals surface area (Å²) in [6, 6.07) is 2.68. The van der Waals surface area contributed by atoms with Gasteiger partial charge >= 0.3 is 0 Å². The van der Waals surface area contributed by atoms with E-state index in [1.807, 2.05) is 0 Å². The number of thiocarbonyl (C=S) groups is 1. The lowest BCUT2D eigenvalue weighted by atomic mass is 9.84. The SMILES string of the molecule is CCC1CCCC(Nc2nc3c(cc2C(N)=S)CCC3)C1. The fraction of sp³-hybridized carbons (Fsp3) is 0.647. The number of hydrogen-bond donors (Lipinski definition) is 2. The number of aromatic nitrogens is 1. The third-order valence-corrected chi connectivity index (χ3v) is 5.24. The van der Waals surface area contributed by atoms with Gasteiger partial charge in [0.1, 0.15) is 10.8 Å². The van der Waals surface area contributed by atoms with Crippen LogP contribution in [-0.2, 0) is 12.8 Å². The minimum Gasteiger partial charge on any atom is -0.389 e. The second-order valence-electron chi connectivity index (χ2n) is 6.49. The average Bonchev–Trinajstić information content (AvgIpc) is 2.93. The molecule has 1 aromatic rings. The van der Waals surface area contributed by atoms with E-state index in [1.54, 1.807) is 0 Å². The molecule has 1 heterocycles. The Labute approximate surface area is 132 Å². The maximum atomic E-state index is 5.92. The summed E-state index contributed by atoms with van der Waals surface area (Å²) in [6.45, 7) is 2.29. The van der Waals surface area contributed by atoms with Crippen LogP contribution in [0.1, 0.15) is 62.3 Å². The summed E-state index contributed by atoms with van der Waals surface area (Å²) in [4.78, 5) is 5.30. The van der Waals surface area contributed by atoms with Crippen molar-refractivity contribution in [1.82, 2.24) is 4.98 Å². The van der Waals surface area contributed by atoms with E-state index >= 15 is 0 Å². The van der Waals surface area contributed by atoms with Gasteiger partial charge in [-0.3, -0.25) is 0 Å². The van der Waals surface area contributed by atoms with Crippen LogP contribution in [0.15, 0.2) is 6.07 Å². The molecule has 2 atom stereocenters. The average molecular weight is 303 g/mol. The second kappa shape index (κ2) is 6.30. The van der Waals surface area contributed by atoms with E-state index in [1.165, 1.54) is 49.8 Å². The van der Waals surface area contributed by atoms with Crippen LogP contribution in [0.2, 0.25) is 0 Å². The molecule has 1 saturated carbocycles. The number of anilines is 1. The lowest BCUT2D eigenvalue weighted by Crippen LogP contribution is -2.29. The highest BCUT2D eigenvalue weighted by atomic mass is 32.1. The fourth-order valence-electron chi connectivity index (χ4n) is 3.76. The number of nitrogens with two attached hydrogens (primary N) is 1. The van der Waals surface area contributed by atoms with Crippen LogP contribution in [-0.4, -0.2) is 16.0 Å². The minimum atomic E-state index is 0.461. The zero-order chi connectivity index (χ0) is 14.8. The Morgan fingerprint density at radius 2 is 2.24 bits per heavy atom. The molecule has 0 aromatic carbocycles. The zero-order valence-electron chi connectivity index (χ0n) is 12.8. The minimum absolute atomic E-state index is 0.461. The molecule has 2 aliphatic rings. The predicted octanol–water partition coefficient (Wildman–Crippen LogP) is 3.59. The van der Waals surface area contributed by atoms with Crippen LogP contribution in [0.25, 0.3) is 0 Å². The first-order valence-corrected chi connectivity index (χ1v) is 8.67. The van der Waals surface area contributed by atoms with E-state index in [0.717, 1.165) is 30.1 Å². The smallest absolute Gasteiger partial charge is 0.136 e. The summed E-state index contributed by atoms with van der Waals surface area (Å²) in [5.74, 6) is 1.77. The fourth-order valence-corrected chi connectivity index (χ4v) is 3.91. The number of nitrogens with zero attached hydrogens (tertiary/aromatic N) is 1. The molecule has 21 heavy (non-hydrogen) atoms. The molecule has 1 fully saturated rings. The molecule has 1 aromatic heterocycles. The van der Waals surface area contributed by atoms with Crippen molar-refractivity contribution in [1.29, 1.82) is 0 Å². The van der Waals surface area contributed by atoms with Gasteiger partial charge in [0.05, 0.1) is 5.56 Å². The highest BCUT2D eigenvalue weighted by Gasteiger charge is 2.23. The molecule has 0 radical (unpaired) electrons. The van der Waals surface area contributed by atoms with Crippen molar-refractivity contribution in [2.24, 2.45) is 11.7 Å². The number of aryl methyl sites for hydroxylation is 2. The normalized spacial score (nSPS) is 24.6. The Bertz CT molecular complexity index is 541. The Morgan fingerprint density at radius 3 is 3.00 bits per heavy atom. The molecule has 2 unspecified atom stereocenters. The molecule has 0 saturated heterocycles. The van der Waals surface area contributed by atoms with Crippen LogP contribution in [0.4, 0.5) is 5.82 Å². The van der Waals surface area contributed by atoms with Crippen LogP contribution in [0.3, 0.4) is 0 Å². The first-order chi connectivity index (χ1) is 10.2. The van der Waals surface area contributed by atoms with Gasteiger partial charge in [-0.1, -0.05) is 38.4 Å². The summed E-state index contributed by atoms with van der Waals surface area (Å²) >= 11 is 5.23. The molecule has 0 bridgehead atoms. The molecular formula is C17H25N3S. The van der Waals surface area contributed by atoms with Gasteiger partial charge in [-0.25, -0.2) is 4.98 Å². The van der Waals surface area contributed by atoms with Gasteiger partial charge in [0, 0.05) is 11.7 Å². The molecule has 0 spiro atoms. The van der Waals surface area contributed by atoms with Crippen molar-refractivity contribution in [2.45, 2.75) is 64.3 Å². The molecule has 0 aliphatic heterocycles. The molecule has 3 rings (SSSR count). The van der Waals surface area contributed by atoms with Gasteiger partial charge in [-0.2, -0.15) is 0 Å². The molecule has 3 N–H and O–H groups in total. The predicted molar refractivity (Wildman–Crippen MR) is 91.8 cm³/mol. The largest absolute Gasteiger partial charge is 0.389 e. The Kier molecular flexibility index (Phi) is 4.43. The van der Waals surface area contributed by atoms with E-state index in [0.29, 0.717) is 11.0 Å². The summed E-state index contributed by atoms with van der Waals surface area (Å²) < 4.78 is 0. The third-order valence-electron chi connectivity index (χ3n) is 5.02. The van der Waals surface area contributed by atoms with Gasteiger partial charge < -0.3 is 11.1 Å². The standard InChI is InChI=1S/C17H25N3S/c1-2-11-5-3-7-13(9-11)19-17-14(16(18)21)10-12-6-4-8-15(12)20-17/h10-11,13H,2-9H2,1H3,(H2,18,21)(H,19,20). The monoisotopic (exact) mass is 303 g/mol. The number of pyridine rings is 1. The van der Waals surface area contributed by atoms with Crippen LogP contribution in [0.5, 0.6) is 0 Å². The van der Waals surface area contributed by atoms with Crippen molar-refractivity contribution in [3.63, 3.8) is 0 Å². The lowest BCUT2D eigenvalue weighted by molar-refractivity contribution is 0.327. The van der Waals surface area contributed by atoms with E-state index < -0.39 is 0 Å². The van der Waals surface area contributed by atoms with Gasteiger partial charge in [0.25, 0.3) is 0 Å². The number of nitrogens with one attached hydrogen (secondary N) is 1. The van der Waals surface area contributed by atoms with E-state index in [-0.39, 0.29) is 0 Å². The summed E-state index contributed by atoms with van der Waals surface area (Å²) in [7, 11) is 0. The van der Waals surface area contributed by atoms with Crippen molar-refractivity contribution < 1.29 is 0 Å². The number of hydrogen-bond acceptors (Lipinski definition) is 3. The topological polar surface area (TPSA) is 50.9 Å². The second-order valence-corrected chi connectivity index (χ2v) is 6.93. The van der Waals surface area contributed by atoms with Crippen molar-refractivity contribution in [2.75, 3.05) is 5.32 Å².